The van der Waals surface area contributed by atoms with Crippen molar-refractivity contribution in [2.24, 2.45) is 17.8 Å². The molecule has 4 heteroatoms. The highest BCUT2D eigenvalue weighted by atomic mass is 32.2. The van der Waals surface area contributed by atoms with Crippen molar-refractivity contribution < 1.29 is 9.53 Å². The second-order valence-corrected chi connectivity index (χ2v) is 11.9. The molecule has 36 heavy (non-hydrogen) atoms. The van der Waals surface area contributed by atoms with Crippen LogP contribution < -0.4 is 0 Å². The fourth-order valence-electron chi connectivity index (χ4n) is 5.85. The molecule has 0 N–H and O–H groups in total. The van der Waals surface area contributed by atoms with E-state index in [4.69, 9.17) is 4.74 Å². The van der Waals surface area contributed by atoms with Gasteiger partial charge >= 0.3 is 0 Å². The Morgan fingerprint density at radius 1 is 0.861 bits per heavy atom. The van der Waals surface area contributed by atoms with Crippen LogP contribution in [0.25, 0.3) is 0 Å². The number of thioether (sulfide) groups is 1. The van der Waals surface area contributed by atoms with Crippen LogP contribution in [0.1, 0.15) is 62.6 Å². The number of nitrogens with zero attached hydrogens (tertiary/aromatic N) is 1. The Balaban J connectivity index is 1.48. The number of rotatable bonds is 8. The number of amides is 1. The van der Waals surface area contributed by atoms with Crippen molar-refractivity contribution in [2.45, 2.75) is 68.6 Å². The molecule has 1 aliphatic carbocycles. The van der Waals surface area contributed by atoms with Gasteiger partial charge in [-0.1, -0.05) is 118 Å². The number of likely N-dealkylation sites (tertiary alicyclic amines) is 1. The minimum absolute atomic E-state index is 0.0990. The summed E-state index contributed by atoms with van der Waals surface area (Å²) < 4.78 is 6.82. The van der Waals surface area contributed by atoms with Crippen molar-refractivity contribution in [2.75, 3.05) is 0 Å². The number of ether oxygens (including phenoxy) is 1. The molecule has 0 aromatic heterocycles. The molecule has 1 saturated carbocycles. The summed E-state index contributed by atoms with van der Waals surface area (Å²) in [6, 6.07) is 31.1. The van der Waals surface area contributed by atoms with E-state index in [1.807, 2.05) is 18.2 Å². The van der Waals surface area contributed by atoms with Crippen LogP contribution in [0.3, 0.4) is 0 Å². The van der Waals surface area contributed by atoms with Gasteiger partial charge in [-0.15, -0.1) is 0 Å². The highest BCUT2D eigenvalue weighted by molar-refractivity contribution is 7.99. The molecule has 1 amide bonds. The summed E-state index contributed by atoms with van der Waals surface area (Å²) in [7, 11) is 0. The second-order valence-electron chi connectivity index (χ2n) is 10.7. The van der Waals surface area contributed by atoms with Crippen LogP contribution in [0.15, 0.2) is 95.9 Å². The Kier molecular flexibility index (Phi) is 7.83. The maximum Gasteiger partial charge on any atom is 0.256 e. The van der Waals surface area contributed by atoms with Gasteiger partial charge < -0.3 is 9.64 Å². The average molecular weight is 500 g/mol. The molecular weight excluding hydrogens is 462 g/mol. The third-order valence-corrected chi connectivity index (χ3v) is 9.10. The Morgan fingerprint density at radius 2 is 1.47 bits per heavy atom. The summed E-state index contributed by atoms with van der Waals surface area (Å²) in [5.74, 6) is 1.79. The van der Waals surface area contributed by atoms with Gasteiger partial charge in [-0.3, -0.25) is 4.79 Å². The van der Waals surface area contributed by atoms with E-state index in [-0.39, 0.29) is 23.4 Å². The number of hydrogen-bond donors (Lipinski definition) is 0. The van der Waals surface area contributed by atoms with Crippen LogP contribution in [0.4, 0.5) is 0 Å². The standard InChI is InChI=1S/C32H37NO2S/c1-22(2)27-20-19-23(3)21-28(27)35-30-29(24-13-7-4-8-14-24)33(31(30)34)32(25-15-9-5-10-16-25)36-26-17-11-6-12-18-26/h4-18,22-23,27-30,32H,19-21H2,1-3H3/t23?,27?,28?,29-,30+,32-/m0/s1. The lowest BCUT2D eigenvalue weighted by Gasteiger charge is -2.52. The minimum Gasteiger partial charge on any atom is -0.362 e. The van der Waals surface area contributed by atoms with Crippen LogP contribution >= 0.6 is 11.8 Å². The molecule has 2 aliphatic rings. The Labute approximate surface area is 220 Å². The number of hydrogen-bond acceptors (Lipinski definition) is 3. The van der Waals surface area contributed by atoms with Gasteiger partial charge in [0.1, 0.15) is 5.37 Å². The van der Waals surface area contributed by atoms with E-state index in [0.29, 0.717) is 17.8 Å². The number of carbonyl (C=O) groups is 1. The predicted octanol–water partition coefficient (Wildman–Crippen LogP) is 7.91. The smallest absolute Gasteiger partial charge is 0.256 e. The molecule has 1 saturated heterocycles. The molecule has 3 aromatic carbocycles. The van der Waals surface area contributed by atoms with Gasteiger partial charge in [-0.05, 0) is 53.9 Å². The lowest BCUT2D eigenvalue weighted by molar-refractivity contribution is -0.193. The van der Waals surface area contributed by atoms with Gasteiger partial charge in [0.15, 0.2) is 6.10 Å². The van der Waals surface area contributed by atoms with E-state index in [2.05, 4.69) is 98.5 Å². The Hall–Kier alpha value is -2.56. The molecule has 0 bridgehead atoms. The van der Waals surface area contributed by atoms with Gasteiger partial charge in [0.25, 0.3) is 5.91 Å². The molecule has 5 rings (SSSR count). The van der Waals surface area contributed by atoms with Crippen molar-refractivity contribution in [3.63, 3.8) is 0 Å². The molecule has 3 unspecified atom stereocenters. The first-order valence-electron chi connectivity index (χ1n) is 13.3. The van der Waals surface area contributed by atoms with Gasteiger partial charge in [0, 0.05) is 4.90 Å². The van der Waals surface area contributed by atoms with Crippen LogP contribution in [-0.2, 0) is 9.53 Å². The molecule has 1 heterocycles. The fourth-order valence-corrected chi connectivity index (χ4v) is 7.07. The van der Waals surface area contributed by atoms with Crippen molar-refractivity contribution in [1.82, 2.24) is 4.90 Å². The fraction of sp³-hybridized carbons (Fsp3) is 0.406. The molecule has 188 valence electrons. The second kappa shape index (κ2) is 11.2. The van der Waals surface area contributed by atoms with Gasteiger partial charge in [0.2, 0.25) is 0 Å². The molecule has 3 nitrogen and oxygen atoms in total. The lowest BCUT2D eigenvalue weighted by atomic mass is 9.75. The first-order chi connectivity index (χ1) is 17.5. The largest absolute Gasteiger partial charge is 0.362 e. The van der Waals surface area contributed by atoms with E-state index in [0.717, 1.165) is 22.4 Å². The molecular formula is C32H37NO2S. The molecule has 0 spiro atoms. The zero-order chi connectivity index (χ0) is 25.1. The van der Waals surface area contributed by atoms with Gasteiger partial charge in [0.05, 0.1) is 12.1 Å². The summed E-state index contributed by atoms with van der Waals surface area (Å²) in [4.78, 5) is 17.2. The average Bonchev–Trinajstić information content (AvgIpc) is 2.90. The van der Waals surface area contributed by atoms with E-state index >= 15 is 0 Å². The van der Waals surface area contributed by atoms with E-state index in [1.54, 1.807) is 11.8 Å². The third-order valence-electron chi connectivity index (χ3n) is 7.84. The zero-order valence-corrected chi connectivity index (χ0v) is 22.3. The lowest BCUT2D eigenvalue weighted by Crippen LogP contribution is -2.61. The van der Waals surface area contributed by atoms with Crippen LogP contribution in [0.5, 0.6) is 0 Å². The molecule has 2 fully saturated rings. The van der Waals surface area contributed by atoms with Gasteiger partial charge in [-0.25, -0.2) is 0 Å². The zero-order valence-electron chi connectivity index (χ0n) is 21.5. The summed E-state index contributed by atoms with van der Waals surface area (Å²) in [5, 5.41) is -0.127. The maximum absolute atomic E-state index is 14.0. The predicted molar refractivity (Wildman–Crippen MR) is 148 cm³/mol. The van der Waals surface area contributed by atoms with Crippen LogP contribution in [-0.4, -0.2) is 23.0 Å². The highest BCUT2D eigenvalue weighted by Crippen LogP contribution is 2.50. The van der Waals surface area contributed by atoms with Crippen LogP contribution in [0.2, 0.25) is 0 Å². The molecule has 3 aromatic rings. The third kappa shape index (κ3) is 5.26. The van der Waals surface area contributed by atoms with E-state index < -0.39 is 6.10 Å². The van der Waals surface area contributed by atoms with Crippen LogP contribution in [0, 0.1) is 17.8 Å². The van der Waals surface area contributed by atoms with Crippen molar-refractivity contribution in [1.29, 1.82) is 0 Å². The van der Waals surface area contributed by atoms with E-state index in [1.165, 1.54) is 12.8 Å². The van der Waals surface area contributed by atoms with Crippen molar-refractivity contribution >= 4 is 17.7 Å². The van der Waals surface area contributed by atoms with Crippen molar-refractivity contribution in [3.05, 3.63) is 102 Å². The SMILES string of the molecule is CC1CCC(C(C)C)C(O[C@H]2C(=O)N([C@@H](Sc3ccccc3)c3ccccc3)[C@H]2c2ccccc2)C1. The first-order valence-corrected chi connectivity index (χ1v) is 14.2. The topological polar surface area (TPSA) is 29.5 Å². The molecule has 0 radical (unpaired) electrons. The van der Waals surface area contributed by atoms with Gasteiger partial charge in [-0.2, -0.15) is 0 Å². The summed E-state index contributed by atoms with van der Waals surface area (Å²) in [6.07, 6.45) is 3.16. The highest BCUT2D eigenvalue weighted by Gasteiger charge is 2.54. The Bertz CT molecular complexity index is 1120. The molecule has 1 aliphatic heterocycles. The number of carbonyl (C=O) groups excluding carboxylic acids is 1. The maximum atomic E-state index is 14.0. The monoisotopic (exact) mass is 499 g/mol. The number of β-lactam (4-membered cyclic amide) rings is 1. The van der Waals surface area contributed by atoms with Crippen molar-refractivity contribution in [3.8, 4) is 0 Å². The minimum atomic E-state index is -0.438. The van der Waals surface area contributed by atoms with E-state index in [9.17, 15) is 4.79 Å². The quantitative estimate of drug-likeness (QED) is 0.233. The first kappa shape index (κ1) is 25.1. The Morgan fingerprint density at radius 3 is 2.11 bits per heavy atom. The normalized spacial score (nSPS) is 27.1. The summed E-state index contributed by atoms with van der Waals surface area (Å²) >= 11 is 1.73. The number of benzene rings is 3. The summed E-state index contributed by atoms with van der Waals surface area (Å²) in [5.41, 5.74) is 2.27. The summed E-state index contributed by atoms with van der Waals surface area (Å²) in [6.45, 7) is 6.91. The molecule has 6 atom stereocenters.